The number of para-hydroxylation sites is 1. The van der Waals surface area contributed by atoms with Gasteiger partial charge in [0.05, 0.1) is 17.7 Å². The monoisotopic (exact) mass is 419 g/mol. The van der Waals surface area contributed by atoms with Crippen LogP contribution in [0.4, 0.5) is 0 Å². The van der Waals surface area contributed by atoms with Gasteiger partial charge >= 0.3 is 5.97 Å². The molecule has 7 heteroatoms. The van der Waals surface area contributed by atoms with Crippen molar-refractivity contribution >= 4 is 34.1 Å². The van der Waals surface area contributed by atoms with Gasteiger partial charge in [0.1, 0.15) is 11.6 Å². The van der Waals surface area contributed by atoms with E-state index in [-0.39, 0.29) is 24.9 Å². The van der Waals surface area contributed by atoms with Crippen molar-refractivity contribution in [1.29, 1.82) is 0 Å². The second-order valence-corrected chi connectivity index (χ2v) is 7.86. The molecular weight excluding hydrogens is 398 g/mol. The van der Waals surface area contributed by atoms with Gasteiger partial charge in [-0.2, -0.15) is 0 Å². The van der Waals surface area contributed by atoms with E-state index in [4.69, 9.17) is 4.74 Å². The standard InChI is InChI=1S/C23H21N3O3S/c1-26-13-19(18-9-5-6-10-20(18)26)23(28)29-14-17-15-30-22(25-17)11-21(27)24-12-16-7-3-2-4-8-16/h2-10,13,15H,11-12,14H2,1H3,(H,24,27). The summed E-state index contributed by atoms with van der Waals surface area (Å²) in [7, 11) is 1.90. The molecule has 1 N–H and O–H groups in total. The molecule has 2 aromatic heterocycles. The number of hydrogen-bond donors (Lipinski definition) is 1. The maximum Gasteiger partial charge on any atom is 0.340 e. The summed E-state index contributed by atoms with van der Waals surface area (Å²) in [5.74, 6) is -0.477. The quantitative estimate of drug-likeness (QED) is 0.462. The normalized spacial score (nSPS) is 10.8. The molecule has 0 aliphatic heterocycles. The van der Waals surface area contributed by atoms with Crippen LogP contribution in [0.2, 0.25) is 0 Å². The molecule has 0 unspecified atom stereocenters. The highest BCUT2D eigenvalue weighted by Gasteiger charge is 2.16. The number of hydrogen-bond acceptors (Lipinski definition) is 5. The number of nitrogens with zero attached hydrogens (tertiary/aromatic N) is 2. The molecule has 4 aromatic rings. The number of ether oxygens (including phenoxy) is 1. The number of aryl methyl sites for hydroxylation is 1. The Labute approximate surface area is 178 Å². The van der Waals surface area contributed by atoms with Crippen LogP contribution >= 0.6 is 11.3 Å². The van der Waals surface area contributed by atoms with Crippen molar-refractivity contribution in [1.82, 2.24) is 14.9 Å². The van der Waals surface area contributed by atoms with E-state index in [1.54, 1.807) is 6.20 Å². The molecule has 4 rings (SSSR count). The fourth-order valence-corrected chi connectivity index (χ4v) is 3.99. The first-order valence-electron chi connectivity index (χ1n) is 9.55. The van der Waals surface area contributed by atoms with E-state index >= 15 is 0 Å². The lowest BCUT2D eigenvalue weighted by molar-refractivity contribution is -0.120. The van der Waals surface area contributed by atoms with Crippen LogP contribution < -0.4 is 5.32 Å². The lowest BCUT2D eigenvalue weighted by atomic mass is 10.2. The minimum absolute atomic E-state index is 0.0736. The van der Waals surface area contributed by atoms with Crippen molar-refractivity contribution < 1.29 is 14.3 Å². The highest BCUT2D eigenvalue weighted by Crippen LogP contribution is 2.21. The summed E-state index contributed by atoms with van der Waals surface area (Å²) in [5, 5.41) is 6.26. The van der Waals surface area contributed by atoms with E-state index in [1.807, 2.05) is 71.6 Å². The zero-order valence-electron chi connectivity index (χ0n) is 16.5. The number of rotatable bonds is 7. The Morgan fingerprint density at radius 3 is 2.70 bits per heavy atom. The van der Waals surface area contributed by atoms with Gasteiger partial charge in [0.15, 0.2) is 0 Å². The summed E-state index contributed by atoms with van der Waals surface area (Å²) in [5.41, 5.74) is 3.19. The number of aromatic nitrogens is 2. The zero-order valence-corrected chi connectivity index (χ0v) is 17.3. The molecule has 152 valence electrons. The van der Waals surface area contributed by atoms with Crippen LogP contribution in [0.1, 0.15) is 26.6 Å². The van der Waals surface area contributed by atoms with E-state index in [9.17, 15) is 9.59 Å². The van der Waals surface area contributed by atoms with Crippen LogP contribution in [-0.2, 0) is 36.2 Å². The largest absolute Gasteiger partial charge is 0.455 e. The minimum Gasteiger partial charge on any atom is -0.455 e. The molecule has 1 amide bonds. The van der Waals surface area contributed by atoms with Crippen molar-refractivity contribution in [3.05, 3.63) is 88.0 Å². The molecular formula is C23H21N3O3S. The van der Waals surface area contributed by atoms with Crippen molar-refractivity contribution in [2.24, 2.45) is 7.05 Å². The summed E-state index contributed by atoms with van der Waals surface area (Å²) in [6, 6.07) is 17.4. The van der Waals surface area contributed by atoms with Crippen LogP contribution in [0.5, 0.6) is 0 Å². The molecule has 0 radical (unpaired) electrons. The van der Waals surface area contributed by atoms with Gasteiger partial charge in [0, 0.05) is 36.1 Å². The van der Waals surface area contributed by atoms with Crippen LogP contribution in [-0.4, -0.2) is 21.4 Å². The molecule has 0 bridgehead atoms. The van der Waals surface area contributed by atoms with Crippen LogP contribution in [0.25, 0.3) is 10.9 Å². The molecule has 2 heterocycles. The Morgan fingerprint density at radius 1 is 1.10 bits per heavy atom. The number of carbonyl (C=O) groups excluding carboxylic acids is 2. The van der Waals surface area contributed by atoms with Gasteiger partial charge < -0.3 is 14.6 Å². The summed E-state index contributed by atoms with van der Waals surface area (Å²) < 4.78 is 7.35. The predicted molar refractivity (Wildman–Crippen MR) is 116 cm³/mol. The smallest absolute Gasteiger partial charge is 0.340 e. The zero-order chi connectivity index (χ0) is 20.9. The van der Waals surface area contributed by atoms with E-state index < -0.39 is 0 Å². The van der Waals surface area contributed by atoms with Crippen molar-refractivity contribution in [2.45, 2.75) is 19.6 Å². The molecule has 0 saturated heterocycles. The van der Waals surface area contributed by atoms with Crippen molar-refractivity contribution in [3.63, 3.8) is 0 Å². The second-order valence-electron chi connectivity index (χ2n) is 6.92. The number of thiazole rings is 1. The number of esters is 1. The Kier molecular flexibility index (Phi) is 5.90. The summed E-state index contributed by atoms with van der Waals surface area (Å²) >= 11 is 1.39. The molecule has 0 aliphatic carbocycles. The van der Waals surface area contributed by atoms with Gasteiger partial charge in [-0.1, -0.05) is 48.5 Å². The van der Waals surface area contributed by atoms with Crippen LogP contribution in [0.3, 0.4) is 0 Å². The number of benzene rings is 2. The minimum atomic E-state index is -0.387. The first kappa shape index (κ1) is 19.8. The Bertz CT molecular complexity index is 1180. The third-order valence-electron chi connectivity index (χ3n) is 4.71. The maximum atomic E-state index is 12.5. The highest BCUT2D eigenvalue weighted by molar-refractivity contribution is 7.09. The average molecular weight is 420 g/mol. The first-order chi connectivity index (χ1) is 14.6. The Morgan fingerprint density at radius 2 is 1.87 bits per heavy atom. The Balaban J connectivity index is 1.31. The third kappa shape index (κ3) is 4.58. The molecule has 0 atom stereocenters. The van der Waals surface area contributed by atoms with Crippen LogP contribution in [0.15, 0.2) is 66.2 Å². The molecule has 2 aromatic carbocycles. The first-order valence-corrected chi connectivity index (χ1v) is 10.4. The van der Waals surface area contributed by atoms with Gasteiger partial charge in [-0.25, -0.2) is 9.78 Å². The predicted octanol–water partition coefficient (Wildman–Crippen LogP) is 3.85. The molecule has 0 fully saturated rings. The molecule has 0 aliphatic rings. The molecule has 0 saturated carbocycles. The number of carbonyl (C=O) groups is 2. The average Bonchev–Trinajstić information content (AvgIpc) is 3.36. The van der Waals surface area contributed by atoms with Gasteiger partial charge in [0.25, 0.3) is 0 Å². The highest BCUT2D eigenvalue weighted by atomic mass is 32.1. The van der Waals surface area contributed by atoms with E-state index in [0.717, 1.165) is 16.5 Å². The number of amides is 1. The van der Waals surface area contributed by atoms with Gasteiger partial charge in [-0.15, -0.1) is 11.3 Å². The molecule has 0 spiro atoms. The SMILES string of the molecule is Cn1cc(C(=O)OCc2csc(CC(=O)NCc3ccccc3)n2)c2ccccc21. The molecule has 30 heavy (non-hydrogen) atoms. The lowest BCUT2D eigenvalue weighted by Gasteiger charge is -2.04. The summed E-state index contributed by atoms with van der Waals surface area (Å²) in [6.07, 6.45) is 1.98. The van der Waals surface area contributed by atoms with Gasteiger partial charge in [0.2, 0.25) is 5.91 Å². The van der Waals surface area contributed by atoms with Gasteiger partial charge in [-0.3, -0.25) is 4.79 Å². The Hall–Kier alpha value is -3.45. The maximum absolute atomic E-state index is 12.5. The number of fused-ring (bicyclic) bond motifs is 1. The topological polar surface area (TPSA) is 73.2 Å². The van der Waals surface area contributed by atoms with E-state index in [2.05, 4.69) is 10.3 Å². The summed E-state index contributed by atoms with van der Waals surface area (Å²) in [4.78, 5) is 29.1. The van der Waals surface area contributed by atoms with E-state index in [1.165, 1.54) is 11.3 Å². The summed E-state index contributed by atoms with van der Waals surface area (Å²) in [6.45, 7) is 0.560. The van der Waals surface area contributed by atoms with Crippen LogP contribution in [0, 0.1) is 0 Å². The van der Waals surface area contributed by atoms with Gasteiger partial charge in [-0.05, 0) is 11.6 Å². The third-order valence-corrected chi connectivity index (χ3v) is 5.61. The molecule has 6 nitrogen and oxygen atoms in total. The van der Waals surface area contributed by atoms with Crippen molar-refractivity contribution in [2.75, 3.05) is 0 Å². The second kappa shape index (κ2) is 8.92. The number of nitrogens with one attached hydrogen (secondary N) is 1. The van der Waals surface area contributed by atoms with E-state index in [0.29, 0.717) is 22.8 Å². The fourth-order valence-electron chi connectivity index (χ4n) is 3.21. The van der Waals surface area contributed by atoms with Crippen molar-refractivity contribution in [3.8, 4) is 0 Å². The fraction of sp³-hybridized carbons (Fsp3) is 0.174. The lowest BCUT2D eigenvalue weighted by Crippen LogP contribution is -2.24.